The van der Waals surface area contributed by atoms with Crippen LogP contribution in [0.1, 0.15) is 6.42 Å². The third-order valence-electron chi connectivity index (χ3n) is 2.18. The Morgan fingerprint density at radius 1 is 1.44 bits per heavy atom. The fourth-order valence-corrected chi connectivity index (χ4v) is 2.38. The SMILES string of the molecule is O=[N+]([O-])c1cccc(Cl)c1NCCSCCCO. The lowest BCUT2D eigenvalue weighted by Gasteiger charge is -2.08. The van der Waals surface area contributed by atoms with Crippen molar-refractivity contribution in [3.05, 3.63) is 33.3 Å². The smallest absolute Gasteiger partial charge is 0.293 e. The molecule has 18 heavy (non-hydrogen) atoms. The highest BCUT2D eigenvalue weighted by Gasteiger charge is 2.15. The minimum absolute atomic E-state index is 0.0112. The van der Waals surface area contributed by atoms with Gasteiger partial charge in [0.15, 0.2) is 0 Å². The van der Waals surface area contributed by atoms with E-state index in [0.29, 0.717) is 17.3 Å². The van der Waals surface area contributed by atoms with Crippen LogP contribution in [-0.2, 0) is 0 Å². The van der Waals surface area contributed by atoms with Crippen molar-refractivity contribution in [3.63, 3.8) is 0 Å². The van der Waals surface area contributed by atoms with Gasteiger partial charge in [0, 0.05) is 25.0 Å². The summed E-state index contributed by atoms with van der Waals surface area (Å²) in [4.78, 5) is 10.4. The normalized spacial score (nSPS) is 10.3. The molecule has 0 aromatic heterocycles. The van der Waals surface area contributed by atoms with Gasteiger partial charge in [0.1, 0.15) is 5.69 Å². The number of aliphatic hydroxyl groups is 1. The molecule has 1 aromatic rings. The highest BCUT2D eigenvalue weighted by atomic mass is 35.5. The van der Waals surface area contributed by atoms with E-state index in [0.717, 1.165) is 17.9 Å². The lowest BCUT2D eigenvalue weighted by Crippen LogP contribution is -2.07. The van der Waals surface area contributed by atoms with Gasteiger partial charge in [0.25, 0.3) is 5.69 Å². The molecule has 0 saturated carbocycles. The van der Waals surface area contributed by atoms with E-state index in [1.807, 2.05) is 0 Å². The minimum atomic E-state index is -0.451. The molecule has 0 aliphatic heterocycles. The zero-order valence-electron chi connectivity index (χ0n) is 9.76. The summed E-state index contributed by atoms with van der Waals surface area (Å²) >= 11 is 7.61. The topological polar surface area (TPSA) is 75.4 Å². The molecular weight excluding hydrogens is 276 g/mol. The summed E-state index contributed by atoms with van der Waals surface area (Å²) < 4.78 is 0. The highest BCUT2D eigenvalue weighted by Crippen LogP contribution is 2.31. The largest absolute Gasteiger partial charge is 0.396 e. The first-order valence-electron chi connectivity index (χ1n) is 5.52. The van der Waals surface area contributed by atoms with E-state index in [4.69, 9.17) is 16.7 Å². The number of nitro benzene ring substituents is 1. The zero-order valence-corrected chi connectivity index (χ0v) is 11.3. The Balaban J connectivity index is 2.48. The van der Waals surface area contributed by atoms with E-state index in [-0.39, 0.29) is 12.3 Å². The van der Waals surface area contributed by atoms with Crippen LogP contribution in [0, 0.1) is 10.1 Å². The van der Waals surface area contributed by atoms with Crippen LogP contribution in [-0.4, -0.2) is 34.7 Å². The molecular formula is C11H15ClN2O3S. The number of hydrogen-bond donors (Lipinski definition) is 2. The standard InChI is InChI=1S/C11H15ClN2O3S/c12-9-3-1-4-10(14(16)17)11(9)13-5-8-18-7-2-6-15/h1,3-4,13,15H,2,5-8H2. The fourth-order valence-electron chi connectivity index (χ4n) is 1.36. The van der Waals surface area contributed by atoms with Crippen LogP contribution < -0.4 is 5.32 Å². The van der Waals surface area contributed by atoms with Gasteiger partial charge in [0.2, 0.25) is 0 Å². The predicted molar refractivity (Wildman–Crippen MR) is 75.6 cm³/mol. The number of halogens is 1. The van der Waals surface area contributed by atoms with E-state index < -0.39 is 4.92 Å². The lowest BCUT2D eigenvalue weighted by atomic mass is 10.2. The van der Waals surface area contributed by atoms with E-state index in [1.165, 1.54) is 6.07 Å². The summed E-state index contributed by atoms with van der Waals surface area (Å²) in [6.07, 6.45) is 0.761. The van der Waals surface area contributed by atoms with Crippen molar-refractivity contribution in [1.29, 1.82) is 0 Å². The van der Waals surface area contributed by atoms with Gasteiger partial charge in [-0.3, -0.25) is 10.1 Å². The van der Waals surface area contributed by atoms with E-state index in [9.17, 15) is 10.1 Å². The maximum absolute atomic E-state index is 10.8. The average molecular weight is 291 g/mol. The third kappa shape index (κ3) is 4.72. The number of nitro groups is 1. The van der Waals surface area contributed by atoms with Crippen molar-refractivity contribution >= 4 is 34.7 Å². The highest BCUT2D eigenvalue weighted by molar-refractivity contribution is 7.99. The van der Waals surface area contributed by atoms with Crippen LogP contribution in [0.15, 0.2) is 18.2 Å². The quantitative estimate of drug-likeness (QED) is 0.437. The van der Waals surface area contributed by atoms with Crippen molar-refractivity contribution < 1.29 is 10.0 Å². The van der Waals surface area contributed by atoms with Gasteiger partial charge >= 0.3 is 0 Å². The Hall–Kier alpha value is -0.980. The van der Waals surface area contributed by atoms with Crippen LogP contribution in [0.2, 0.25) is 5.02 Å². The molecule has 5 nitrogen and oxygen atoms in total. The summed E-state index contributed by atoms with van der Waals surface area (Å²) in [7, 11) is 0. The van der Waals surface area contributed by atoms with Crippen molar-refractivity contribution in [2.24, 2.45) is 0 Å². The van der Waals surface area contributed by atoms with Crippen molar-refractivity contribution in [3.8, 4) is 0 Å². The Morgan fingerprint density at radius 2 is 2.22 bits per heavy atom. The number of para-hydroxylation sites is 1. The maximum Gasteiger partial charge on any atom is 0.293 e. The molecule has 0 bridgehead atoms. The van der Waals surface area contributed by atoms with Gasteiger partial charge in [-0.2, -0.15) is 11.8 Å². The number of aliphatic hydroxyl groups excluding tert-OH is 1. The molecule has 2 N–H and O–H groups in total. The number of anilines is 1. The number of benzene rings is 1. The fraction of sp³-hybridized carbons (Fsp3) is 0.455. The average Bonchev–Trinajstić information content (AvgIpc) is 2.34. The van der Waals surface area contributed by atoms with Gasteiger partial charge in [-0.05, 0) is 18.2 Å². The summed E-state index contributed by atoms with van der Waals surface area (Å²) in [5.41, 5.74) is 0.356. The first kappa shape index (κ1) is 15.1. The van der Waals surface area contributed by atoms with Crippen molar-refractivity contribution in [2.45, 2.75) is 6.42 Å². The van der Waals surface area contributed by atoms with Crippen molar-refractivity contribution in [1.82, 2.24) is 0 Å². The van der Waals surface area contributed by atoms with Gasteiger partial charge in [-0.1, -0.05) is 17.7 Å². The van der Waals surface area contributed by atoms with E-state index in [1.54, 1.807) is 23.9 Å². The monoisotopic (exact) mass is 290 g/mol. The third-order valence-corrected chi connectivity index (χ3v) is 3.57. The first-order valence-corrected chi connectivity index (χ1v) is 7.05. The summed E-state index contributed by atoms with van der Waals surface area (Å²) in [6.45, 7) is 0.789. The van der Waals surface area contributed by atoms with Crippen LogP contribution in [0.5, 0.6) is 0 Å². The van der Waals surface area contributed by atoms with E-state index in [2.05, 4.69) is 5.32 Å². The molecule has 0 saturated heterocycles. The minimum Gasteiger partial charge on any atom is -0.396 e. The van der Waals surface area contributed by atoms with Gasteiger partial charge in [-0.25, -0.2) is 0 Å². The summed E-state index contributed by atoms with van der Waals surface area (Å²) in [5, 5.41) is 22.8. The number of nitrogens with zero attached hydrogens (tertiary/aromatic N) is 1. The maximum atomic E-state index is 10.8. The van der Waals surface area contributed by atoms with Crippen LogP contribution in [0.3, 0.4) is 0 Å². The first-order chi connectivity index (χ1) is 8.66. The second kappa shape index (κ2) is 8.18. The molecule has 0 unspecified atom stereocenters. The lowest BCUT2D eigenvalue weighted by molar-refractivity contribution is -0.383. The predicted octanol–water partition coefficient (Wildman–Crippen LogP) is 2.78. The number of thioether (sulfide) groups is 1. The van der Waals surface area contributed by atoms with Gasteiger partial charge in [0.05, 0.1) is 9.95 Å². The van der Waals surface area contributed by atoms with Crippen LogP contribution in [0.25, 0.3) is 0 Å². The van der Waals surface area contributed by atoms with Gasteiger partial charge in [-0.15, -0.1) is 0 Å². The molecule has 0 aliphatic rings. The van der Waals surface area contributed by atoms with Gasteiger partial charge < -0.3 is 10.4 Å². The Kier molecular flexibility index (Phi) is 6.85. The molecule has 0 aliphatic carbocycles. The van der Waals surface area contributed by atoms with Crippen molar-refractivity contribution in [2.75, 3.05) is 30.0 Å². The van der Waals surface area contributed by atoms with E-state index >= 15 is 0 Å². The second-order valence-corrected chi connectivity index (χ2v) is 5.14. The summed E-state index contributed by atoms with van der Waals surface area (Å²) in [5.74, 6) is 1.69. The second-order valence-electron chi connectivity index (χ2n) is 3.51. The Bertz CT molecular complexity index is 404. The Labute approximate surface area is 115 Å². The number of rotatable bonds is 8. The zero-order chi connectivity index (χ0) is 13.4. The molecule has 7 heteroatoms. The molecule has 1 aromatic carbocycles. The number of nitrogens with one attached hydrogen (secondary N) is 1. The number of hydrogen-bond acceptors (Lipinski definition) is 5. The molecule has 100 valence electrons. The Morgan fingerprint density at radius 3 is 2.89 bits per heavy atom. The van der Waals surface area contributed by atoms with Crippen LogP contribution >= 0.6 is 23.4 Å². The molecule has 0 fully saturated rings. The molecule has 0 amide bonds. The molecule has 0 radical (unpaired) electrons. The molecule has 0 atom stereocenters. The molecule has 0 spiro atoms. The molecule has 1 rings (SSSR count). The summed E-state index contributed by atoms with van der Waals surface area (Å²) in [6, 6.07) is 4.60. The van der Waals surface area contributed by atoms with Crippen LogP contribution in [0.4, 0.5) is 11.4 Å². The molecule has 0 heterocycles.